The van der Waals surface area contributed by atoms with Gasteiger partial charge in [0.25, 0.3) is 0 Å². The molecule has 1 aromatic carbocycles. The maximum atomic E-state index is 12.0. The summed E-state index contributed by atoms with van der Waals surface area (Å²) in [4.78, 5) is 14.5. The summed E-state index contributed by atoms with van der Waals surface area (Å²) in [6.07, 6.45) is 4.16. The largest absolute Gasteiger partial charge is 0.497 e. The minimum Gasteiger partial charge on any atom is -0.497 e. The predicted octanol–water partition coefficient (Wildman–Crippen LogP) is 2.64. The van der Waals surface area contributed by atoms with Crippen LogP contribution in [0.1, 0.15) is 31.2 Å². The van der Waals surface area contributed by atoms with Gasteiger partial charge in [-0.1, -0.05) is 18.6 Å². The number of ketones is 1. The first kappa shape index (κ1) is 12.7. The number of ether oxygens (including phenoxy) is 1. The van der Waals surface area contributed by atoms with Gasteiger partial charge in [-0.15, -0.1) is 0 Å². The van der Waals surface area contributed by atoms with Crippen LogP contribution in [0.25, 0.3) is 0 Å². The highest BCUT2D eigenvalue weighted by atomic mass is 16.5. The summed E-state index contributed by atoms with van der Waals surface area (Å²) in [5, 5.41) is 0. The highest BCUT2D eigenvalue weighted by molar-refractivity contribution is 5.86. The molecule has 0 atom stereocenters. The molecular formula is C16H21NO2. The van der Waals surface area contributed by atoms with Gasteiger partial charge in [0.1, 0.15) is 11.5 Å². The monoisotopic (exact) mass is 259 g/mol. The van der Waals surface area contributed by atoms with Crippen molar-refractivity contribution in [1.29, 1.82) is 0 Å². The molecule has 2 fully saturated rings. The summed E-state index contributed by atoms with van der Waals surface area (Å²) >= 11 is 0. The summed E-state index contributed by atoms with van der Waals surface area (Å²) < 4.78 is 5.17. The van der Waals surface area contributed by atoms with Crippen molar-refractivity contribution in [2.75, 3.05) is 20.2 Å². The number of hydrogen-bond donors (Lipinski definition) is 0. The Morgan fingerprint density at radius 3 is 2.58 bits per heavy atom. The Morgan fingerprint density at radius 2 is 2.00 bits per heavy atom. The van der Waals surface area contributed by atoms with E-state index in [0.717, 1.165) is 44.6 Å². The number of rotatable bonds is 3. The van der Waals surface area contributed by atoms with E-state index in [1.165, 1.54) is 12.0 Å². The normalized spacial score (nSPS) is 22.3. The highest BCUT2D eigenvalue weighted by Crippen LogP contribution is 2.45. The lowest BCUT2D eigenvalue weighted by molar-refractivity contribution is -0.140. The minimum atomic E-state index is 0.0186. The van der Waals surface area contributed by atoms with Gasteiger partial charge < -0.3 is 4.74 Å². The second kappa shape index (κ2) is 4.97. The van der Waals surface area contributed by atoms with Crippen LogP contribution in [-0.2, 0) is 11.3 Å². The Hall–Kier alpha value is -1.35. The number of methoxy groups -OCH3 is 1. The molecule has 0 N–H and O–H groups in total. The van der Waals surface area contributed by atoms with Crippen LogP contribution in [0.4, 0.5) is 0 Å². The number of hydrogen-bond acceptors (Lipinski definition) is 3. The molecule has 0 bridgehead atoms. The fourth-order valence-electron chi connectivity index (χ4n) is 3.28. The van der Waals surface area contributed by atoms with Crippen LogP contribution < -0.4 is 4.74 Å². The zero-order valence-electron chi connectivity index (χ0n) is 11.5. The molecule has 1 spiro atoms. The molecule has 3 nitrogen and oxygen atoms in total. The van der Waals surface area contributed by atoms with Crippen LogP contribution >= 0.6 is 0 Å². The van der Waals surface area contributed by atoms with Gasteiger partial charge in [-0.3, -0.25) is 9.69 Å². The third kappa shape index (κ3) is 2.39. The summed E-state index contributed by atoms with van der Waals surface area (Å²) in [5.74, 6) is 1.40. The topological polar surface area (TPSA) is 29.5 Å². The Labute approximate surface area is 114 Å². The quantitative estimate of drug-likeness (QED) is 0.835. The minimum absolute atomic E-state index is 0.0186. The van der Waals surface area contributed by atoms with E-state index in [1.54, 1.807) is 7.11 Å². The lowest BCUT2D eigenvalue weighted by Crippen LogP contribution is -2.52. The average molecular weight is 259 g/mol. The van der Waals surface area contributed by atoms with Gasteiger partial charge in [0.05, 0.1) is 7.11 Å². The van der Waals surface area contributed by atoms with Crippen molar-refractivity contribution < 1.29 is 9.53 Å². The molecule has 1 aliphatic heterocycles. The van der Waals surface area contributed by atoms with Crippen molar-refractivity contribution in [2.24, 2.45) is 5.41 Å². The fraction of sp³-hybridized carbons (Fsp3) is 0.562. The molecule has 102 valence electrons. The predicted molar refractivity (Wildman–Crippen MR) is 74.2 cm³/mol. The third-order valence-corrected chi connectivity index (χ3v) is 4.65. The Bertz CT molecular complexity index is 462. The van der Waals surface area contributed by atoms with Gasteiger partial charge >= 0.3 is 0 Å². The van der Waals surface area contributed by atoms with Crippen LogP contribution in [0, 0.1) is 5.41 Å². The van der Waals surface area contributed by atoms with Crippen molar-refractivity contribution in [3.8, 4) is 5.75 Å². The number of piperidine rings is 1. The highest BCUT2D eigenvalue weighted by Gasteiger charge is 2.46. The van der Waals surface area contributed by atoms with Gasteiger partial charge in [-0.05, 0) is 30.5 Å². The van der Waals surface area contributed by atoms with Gasteiger partial charge in [-0.25, -0.2) is 0 Å². The molecule has 0 aromatic heterocycles. The smallest absolute Gasteiger partial charge is 0.141 e. The lowest BCUT2D eigenvalue weighted by Gasteiger charge is -2.47. The number of carbonyl (C=O) groups is 1. The van der Waals surface area contributed by atoms with E-state index in [4.69, 9.17) is 4.74 Å². The van der Waals surface area contributed by atoms with Crippen molar-refractivity contribution in [2.45, 2.75) is 32.2 Å². The Morgan fingerprint density at radius 1 is 1.26 bits per heavy atom. The van der Waals surface area contributed by atoms with E-state index in [1.807, 2.05) is 12.1 Å². The number of benzene rings is 1. The lowest BCUT2D eigenvalue weighted by atomic mass is 9.63. The fourth-order valence-corrected chi connectivity index (χ4v) is 3.28. The van der Waals surface area contributed by atoms with Crippen molar-refractivity contribution in [1.82, 2.24) is 4.90 Å². The zero-order valence-corrected chi connectivity index (χ0v) is 11.5. The molecule has 3 rings (SSSR count). The second-order valence-electron chi connectivity index (χ2n) is 5.87. The van der Waals surface area contributed by atoms with Crippen molar-refractivity contribution >= 4 is 5.78 Å². The van der Waals surface area contributed by atoms with Crippen LogP contribution in [0.2, 0.25) is 0 Å². The first-order chi connectivity index (χ1) is 9.22. The molecule has 0 unspecified atom stereocenters. The summed E-state index contributed by atoms with van der Waals surface area (Å²) in [6.45, 7) is 2.81. The molecule has 1 saturated heterocycles. The van der Waals surface area contributed by atoms with Crippen molar-refractivity contribution in [3.05, 3.63) is 29.8 Å². The Kier molecular flexibility index (Phi) is 3.31. The van der Waals surface area contributed by atoms with E-state index in [-0.39, 0.29) is 5.41 Å². The van der Waals surface area contributed by atoms with Crippen LogP contribution in [0.15, 0.2) is 24.3 Å². The summed E-state index contributed by atoms with van der Waals surface area (Å²) in [7, 11) is 1.69. The number of Topliss-reactive ketones (excluding diaryl/α,β-unsaturated/α-hetero) is 1. The molecule has 0 amide bonds. The molecule has 3 heteroatoms. The third-order valence-electron chi connectivity index (χ3n) is 4.65. The first-order valence-corrected chi connectivity index (χ1v) is 7.10. The van der Waals surface area contributed by atoms with Gasteiger partial charge in [0, 0.05) is 31.5 Å². The van der Waals surface area contributed by atoms with Crippen molar-refractivity contribution in [3.63, 3.8) is 0 Å². The van der Waals surface area contributed by atoms with Gasteiger partial charge in [0.15, 0.2) is 0 Å². The van der Waals surface area contributed by atoms with Crippen LogP contribution in [0.5, 0.6) is 5.75 Å². The summed E-state index contributed by atoms with van der Waals surface area (Å²) in [5.41, 5.74) is 1.31. The molecule has 1 aliphatic carbocycles. The maximum Gasteiger partial charge on any atom is 0.141 e. The molecule has 1 saturated carbocycles. The Balaban J connectivity index is 1.64. The van der Waals surface area contributed by atoms with E-state index in [9.17, 15) is 4.79 Å². The number of nitrogens with zero attached hydrogens (tertiary/aromatic N) is 1. The van der Waals surface area contributed by atoms with Gasteiger partial charge in [0.2, 0.25) is 0 Å². The van der Waals surface area contributed by atoms with E-state index in [2.05, 4.69) is 17.0 Å². The van der Waals surface area contributed by atoms with Crippen LogP contribution in [0.3, 0.4) is 0 Å². The molecule has 1 heterocycles. The van der Waals surface area contributed by atoms with Crippen LogP contribution in [-0.4, -0.2) is 30.9 Å². The molecule has 19 heavy (non-hydrogen) atoms. The van der Waals surface area contributed by atoms with Gasteiger partial charge in [-0.2, -0.15) is 0 Å². The molecular weight excluding hydrogens is 238 g/mol. The molecule has 2 aliphatic rings. The maximum absolute atomic E-state index is 12.0. The average Bonchev–Trinajstić information content (AvgIpc) is 2.40. The number of likely N-dealkylation sites (tertiary alicyclic amines) is 1. The second-order valence-corrected chi connectivity index (χ2v) is 5.87. The molecule has 1 aromatic rings. The molecule has 0 radical (unpaired) electrons. The standard InChI is InChI=1S/C16H21NO2/c1-19-14-5-3-13(4-6-14)11-17-10-7-15(18)16(12-17)8-2-9-16/h3-6H,2,7-12H2,1H3. The number of carbonyl (C=O) groups excluding carboxylic acids is 1. The summed E-state index contributed by atoms with van der Waals surface area (Å²) in [6, 6.07) is 8.23. The van der Waals surface area contributed by atoms with E-state index >= 15 is 0 Å². The SMILES string of the molecule is COc1ccc(CN2CCC(=O)C3(CCC3)C2)cc1. The van der Waals surface area contributed by atoms with E-state index < -0.39 is 0 Å². The van der Waals surface area contributed by atoms with E-state index in [0.29, 0.717) is 5.78 Å². The first-order valence-electron chi connectivity index (χ1n) is 7.10. The zero-order chi connectivity index (χ0) is 13.3.